The molecule has 0 radical (unpaired) electrons. The molecule has 2 rings (SSSR count). The topological polar surface area (TPSA) is 38.0 Å². The lowest BCUT2D eigenvalue weighted by molar-refractivity contribution is 0.0231. The molecular formula is C16H28N2O. The number of hydrogen-bond donors (Lipinski definition) is 1. The first-order valence-electron chi connectivity index (χ1n) is 7.79. The maximum absolute atomic E-state index is 10.8. The quantitative estimate of drug-likeness (QED) is 0.841. The molecule has 0 bridgehead atoms. The van der Waals surface area contributed by atoms with E-state index in [4.69, 9.17) is 0 Å². The smallest absolute Gasteiger partial charge is 0.0703 e. The van der Waals surface area contributed by atoms with Crippen LogP contribution in [-0.2, 0) is 6.42 Å². The summed E-state index contributed by atoms with van der Waals surface area (Å²) in [6, 6.07) is 2.45. The first kappa shape index (κ1) is 14.6. The molecule has 1 aromatic rings. The fourth-order valence-corrected chi connectivity index (χ4v) is 3.14. The normalized spacial score (nSPS) is 28.6. The van der Waals surface area contributed by atoms with Crippen molar-refractivity contribution < 1.29 is 5.11 Å². The maximum atomic E-state index is 10.8. The highest BCUT2D eigenvalue weighted by atomic mass is 16.3. The van der Waals surface area contributed by atoms with Crippen molar-refractivity contribution in [1.82, 2.24) is 9.78 Å². The van der Waals surface area contributed by atoms with E-state index < -0.39 is 5.60 Å². The summed E-state index contributed by atoms with van der Waals surface area (Å²) in [5.41, 5.74) is 0.506. The summed E-state index contributed by atoms with van der Waals surface area (Å²) >= 11 is 0. The Kier molecular flexibility index (Phi) is 4.67. The van der Waals surface area contributed by atoms with Crippen LogP contribution >= 0.6 is 0 Å². The van der Waals surface area contributed by atoms with Crippen LogP contribution in [0.25, 0.3) is 0 Å². The lowest BCUT2D eigenvalue weighted by atomic mass is 9.89. The summed E-state index contributed by atoms with van der Waals surface area (Å²) in [4.78, 5) is 0. The van der Waals surface area contributed by atoms with E-state index in [1.54, 1.807) is 0 Å². The molecule has 1 aliphatic rings. The summed E-state index contributed by atoms with van der Waals surface area (Å²) in [6.45, 7) is 6.52. The summed E-state index contributed by atoms with van der Waals surface area (Å²) < 4.78 is 1.98. The molecule has 1 aliphatic carbocycles. The zero-order chi connectivity index (χ0) is 13.9. The minimum absolute atomic E-state index is 0.391. The van der Waals surface area contributed by atoms with Gasteiger partial charge in [0.05, 0.1) is 11.3 Å². The van der Waals surface area contributed by atoms with Gasteiger partial charge in [-0.15, -0.1) is 0 Å². The zero-order valence-electron chi connectivity index (χ0n) is 12.6. The number of aliphatic hydroxyl groups is 1. The van der Waals surface area contributed by atoms with Crippen molar-refractivity contribution in [2.24, 2.45) is 5.92 Å². The fraction of sp³-hybridized carbons (Fsp3) is 0.812. The van der Waals surface area contributed by atoms with Gasteiger partial charge in [-0.2, -0.15) is 5.10 Å². The van der Waals surface area contributed by atoms with E-state index in [0.717, 1.165) is 37.3 Å². The highest BCUT2D eigenvalue weighted by molar-refractivity contribution is 5.05. The molecule has 2 unspecified atom stereocenters. The summed E-state index contributed by atoms with van der Waals surface area (Å²) in [6.07, 6.45) is 9.44. The van der Waals surface area contributed by atoms with Crippen molar-refractivity contribution in [2.75, 3.05) is 0 Å². The second-order valence-corrected chi connectivity index (χ2v) is 6.49. The average Bonchev–Trinajstić information content (AvgIpc) is 2.73. The van der Waals surface area contributed by atoms with Crippen molar-refractivity contribution in [3.63, 3.8) is 0 Å². The molecule has 1 heterocycles. The van der Waals surface area contributed by atoms with Crippen molar-refractivity contribution in [3.8, 4) is 0 Å². The first-order chi connectivity index (χ1) is 9.02. The predicted octanol–water partition coefficient (Wildman–Crippen LogP) is 3.73. The molecule has 0 spiro atoms. The van der Waals surface area contributed by atoms with Crippen molar-refractivity contribution in [2.45, 2.75) is 77.4 Å². The Morgan fingerprint density at radius 2 is 2.21 bits per heavy atom. The van der Waals surface area contributed by atoms with Crippen LogP contribution in [0.1, 0.15) is 71.0 Å². The molecule has 0 aliphatic heterocycles. The largest absolute Gasteiger partial charge is 0.389 e. The van der Waals surface area contributed by atoms with Gasteiger partial charge in [-0.1, -0.05) is 26.2 Å². The molecule has 19 heavy (non-hydrogen) atoms. The van der Waals surface area contributed by atoms with Gasteiger partial charge >= 0.3 is 0 Å². The minimum atomic E-state index is -0.528. The Balaban J connectivity index is 1.99. The summed E-state index contributed by atoms with van der Waals surface area (Å²) in [5, 5.41) is 15.4. The number of aromatic nitrogens is 2. The van der Waals surface area contributed by atoms with Gasteiger partial charge in [0.1, 0.15) is 0 Å². The van der Waals surface area contributed by atoms with Gasteiger partial charge < -0.3 is 5.11 Å². The van der Waals surface area contributed by atoms with Gasteiger partial charge in [0.25, 0.3) is 0 Å². The predicted molar refractivity (Wildman–Crippen MR) is 78.1 cm³/mol. The standard InChI is InChI=1S/C16H28N2O/c1-4-14-6-5-9-16(19,10-7-14)12-15-8-11-18(17-15)13(2)3/h8,11,13-14,19H,4-7,9-10,12H2,1-3H3. The Morgan fingerprint density at radius 3 is 2.84 bits per heavy atom. The van der Waals surface area contributed by atoms with Crippen LogP contribution in [0.2, 0.25) is 0 Å². The summed E-state index contributed by atoms with van der Waals surface area (Å²) in [5.74, 6) is 0.808. The van der Waals surface area contributed by atoms with Gasteiger partial charge in [-0.05, 0) is 45.1 Å². The molecule has 3 nitrogen and oxygen atoms in total. The van der Waals surface area contributed by atoms with Crippen LogP contribution in [0.5, 0.6) is 0 Å². The van der Waals surface area contributed by atoms with Crippen molar-refractivity contribution >= 4 is 0 Å². The lowest BCUT2D eigenvalue weighted by Crippen LogP contribution is -2.31. The van der Waals surface area contributed by atoms with E-state index in [2.05, 4.69) is 31.9 Å². The van der Waals surface area contributed by atoms with E-state index in [0.29, 0.717) is 12.5 Å². The van der Waals surface area contributed by atoms with E-state index in [9.17, 15) is 5.11 Å². The molecule has 108 valence electrons. The van der Waals surface area contributed by atoms with Crippen molar-refractivity contribution in [3.05, 3.63) is 18.0 Å². The van der Waals surface area contributed by atoms with Crippen LogP contribution in [0, 0.1) is 5.92 Å². The fourth-order valence-electron chi connectivity index (χ4n) is 3.14. The second kappa shape index (κ2) is 6.08. The highest BCUT2D eigenvalue weighted by Gasteiger charge is 2.31. The van der Waals surface area contributed by atoms with Crippen LogP contribution < -0.4 is 0 Å². The number of hydrogen-bond acceptors (Lipinski definition) is 2. The van der Waals surface area contributed by atoms with E-state index in [1.807, 2.05) is 10.9 Å². The van der Waals surface area contributed by atoms with Crippen molar-refractivity contribution in [1.29, 1.82) is 0 Å². The van der Waals surface area contributed by atoms with Gasteiger partial charge in [-0.25, -0.2) is 0 Å². The monoisotopic (exact) mass is 264 g/mol. The van der Waals surface area contributed by atoms with Crippen LogP contribution in [0.15, 0.2) is 12.3 Å². The Morgan fingerprint density at radius 1 is 1.42 bits per heavy atom. The van der Waals surface area contributed by atoms with Gasteiger partial charge in [0.15, 0.2) is 0 Å². The minimum Gasteiger partial charge on any atom is -0.389 e. The zero-order valence-corrected chi connectivity index (χ0v) is 12.6. The second-order valence-electron chi connectivity index (χ2n) is 6.49. The van der Waals surface area contributed by atoms with Gasteiger partial charge in [-0.3, -0.25) is 4.68 Å². The Labute approximate surface area is 117 Å². The van der Waals surface area contributed by atoms with Crippen LogP contribution in [-0.4, -0.2) is 20.5 Å². The van der Waals surface area contributed by atoms with E-state index in [-0.39, 0.29) is 0 Å². The molecule has 1 fully saturated rings. The Bertz CT molecular complexity index is 399. The molecule has 0 amide bonds. The number of rotatable bonds is 4. The SMILES string of the molecule is CCC1CCCC(O)(Cc2ccn(C(C)C)n2)CC1. The third-order valence-electron chi connectivity index (χ3n) is 4.55. The summed E-state index contributed by atoms with van der Waals surface area (Å²) in [7, 11) is 0. The average molecular weight is 264 g/mol. The van der Waals surface area contributed by atoms with Gasteiger partial charge in [0.2, 0.25) is 0 Å². The van der Waals surface area contributed by atoms with Crippen LogP contribution in [0.3, 0.4) is 0 Å². The van der Waals surface area contributed by atoms with E-state index in [1.165, 1.54) is 12.8 Å². The van der Waals surface area contributed by atoms with Crippen LogP contribution in [0.4, 0.5) is 0 Å². The highest BCUT2D eigenvalue weighted by Crippen LogP contribution is 2.33. The molecule has 1 aromatic heterocycles. The molecule has 0 saturated heterocycles. The lowest BCUT2D eigenvalue weighted by Gasteiger charge is -2.25. The molecule has 0 aromatic carbocycles. The third-order valence-corrected chi connectivity index (χ3v) is 4.55. The maximum Gasteiger partial charge on any atom is 0.0703 e. The molecule has 3 heteroatoms. The first-order valence-corrected chi connectivity index (χ1v) is 7.79. The molecule has 2 atom stereocenters. The van der Waals surface area contributed by atoms with Gasteiger partial charge in [0, 0.05) is 18.7 Å². The Hall–Kier alpha value is -0.830. The third kappa shape index (κ3) is 3.82. The molecule has 1 N–H and O–H groups in total. The molecular weight excluding hydrogens is 236 g/mol. The number of nitrogens with zero attached hydrogens (tertiary/aromatic N) is 2. The van der Waals surface area contributed by atoms with E-state index >= 15 is 0 Å². The molecule has 1 saturated carbocycles.